The van der Waals surface area contributed by atoms with E-state index in [4.69, 9.17) is 0 Å². The van der Waals surface area contributed by atoms with E-state index in [0.29, 0.717) is 33.8 Å². The van der Waals surface area contributed by atoms with Crippen LogP contribution < -0.4 is 10.6 Å². The molecule has 10 heteroatoms. The molecule has 2 amide bonds. The quantitative estimate of drug-likeness (QED) is 0.245. The zero-order valence-corrected chi connectivity index (χ0v) is 20.1. The molecule has 0 aliphatic rings. The van der Waals surface area contributed by atoms with Gasteiger partial charge < -0.3 is 20.6 Å². The van der Waals surface area contributed by atoms with Gasteiger partial charge in [-0.1, -0.05) is 18.2 Å². The van der Waals surface area contributed by atoms with E-state index in [1.54, 1.807) is 57.0 Å². The molecule has 3 heterocycles. The first-order valence-corrected chi connectivity index (χ1v) is 11.5. The lowest BCUT2D eigenvalue weighted by Crippen LogP contribution is -2.27. The molecule has 1 unspecified atom stereocenters. The average Bonchev–Trinajstić information content (AvgIpc) is 3.33. The molecule has 5 rings (SSSR count). The molecular weight excluding hydrogens is 473 g/mol. The Hall–Kier alpha value is -4.83. The van der Waals surface area contributed by atoms with Gasteiger partial charge in [0, 0.05) is 36.8 Å². The average molecular weight is 498 g/mol. The standard InChI is InChI=1S/C27H24FN7O2/c1-35(2)27(37)32-21-11-18(13-29-14-21)16-6-8-24-22(12-16)25(34-33-24)26(36)31-20-7-9-23(30-15-20)17-4-3-5-19(28)10-17/h3-15,26,31,36H,1-2H3,(H,32,37)(H,33,34). The molecule has 0 aliphatic carbocycles. The largest absolute Gasteiger partial charge is 0.368 e. The van der Waals surface area contributed by atoms with E-state index in [0.717, 1.165) is 16.5 Å². The Kier molecular flexibility index (Phi) is 6.48. The molecule has 0 bridgehead atoms. The minimum atomic E-state index is -1.09. The van der Waals surface area contributed by atoms with Crippen molar-refractivity contribution in [3.63, 3.8) is 0 Å². The van der Waals surface area contributed by atoms with Gasteiger partial charge in [0.25, 0.3) is 0 Å². The van der Waals surface area contributed by atoms with Crippen LogP contribution in [0.5, 0.6) is 0 Å². The number of amides is 2. The minimum Gasteiger partial charge on any atom is -0.368 e. The summed E-state index contributed by atoms with van der Waals surface area (Å²) in [5, 5.41) is 24.6. The van der Waals surface area contributed by atoms with Gasteiger partial charge in [0.15, 0.2) is 6.23 Å². The lowest BCUT2D eigenvalue weighted by Gasteiger charge is -2.14. The molecule has 0 saturated heterocycles. The Morgan fingerprint density at radius 1 is 0.973 bits per heavy atom. The minimum absolute atomic E-state index is 0.251. The fourth-order valence-electron chi connectivity index (χ4n) is 3.85. The van der Waals surface area contributed by atoms with Crippen LogP contribution in [-0.2, 0) is 0 Å². The molecule has 0 fully saturated rings. The van der Waals surface area contributed by atoms with E-state index in [-0.39, 0.29) is 11.8 Å². The number of aliphatic hydroxyl groups is 1. The highest BCUT2D eigenvalue weighted by molar-refractivity contribution is 5.91. The topological polar surface area (TPSA) is 119 Å². The summed E-state index contributed by atoms with van der Waals surface area (Å²) in [7, 11) is 3.32. The zero-order valence-electron chi connectivity index (χ0n) is 20.1. The summed E-state index contributed by atoms with van der Waals surface area (Å²) in [6.07, 6.45) is 3.76. The van der Waals surface area contributed by atoms with Gasteiger partial charge in [-0.15, -0.1) is 0 Å². The van der Waals surface area contributed by atoms with Crippen molar-refractivity contribution in [2.24, 2.45) is 0 Å². The van der Waals surface area contributed by atoms with Crippen molar-refractivity contribution in [2.75, 3.05) is 24.7 Å². The van der Waals surface area contributed by atoms with Crippen LogP contribution in [0.25, 0.3) is 33.3 Å². The van der Waals surface area contributed by atoms with Crippen molar-refractivity contribution in [3.05, 3.63) is 90.8 Å². The maximum atomic E-state index is 13.5. The first kappa shape index (κ1) is 23.9. The van der Waals surface area contributed by atoms with E-state index in [1.807, 2.05) is 24.3 Å². The summed E-state index contributed by atoms with van der Waals surface area (Å²) in [6, 6.07) is 16.9. The summed E-state index contributed by atoms with van der Waals surface area (Å²) in [5.74, 6) is -0.330. The maximum Gasteiger partial charge on any atom is 0.321 e. The number of aliphatic hydroxyl groups excluding tert-OH is 1. The number of fused-ring (bicyclic) bond motifs is 1. The number of hydrogen-bond acceptors (Lipinski definition) is 6. The normalized spacial score (nSPS) is 11.8. The fraction of sp³-hybridized carbons (Fsp3) is 0.111. The first-order chi connectivity index (χ1) is 17.9. The second-order valence-corrected chi connectivity index (χ2v) is 8.65. The Balaban J connectivity index is 1.37. The summed E-state index contributed by atoms with van der Waals surface area (Å²) in [6.45, 7) is 0. The van der Waals surface area contributed by atoms with Gasteiger partial charge >= 0.3 is 6.03 Å². The van der Waals surface area contributed by atoms with Crippen LogP contribution in [0.4, 0.5) is 20.6 Å². The molecular formula is C27H24FN7O2. The van der Waals surface area contributed by atoms with E-state index < -0.39 is 6.23 Å². The highest BCUT2D eigenvalue weighted by Crippen LogP contribution is 2.29. The predicted molar refractivity (Wildman–Crippen MR) is 140 cm³/mol. The Labute approximate surface area is 212 Å². The fourth-order valence-corrected chi connectivity index (χ4v) is 3.85. The van der Waals surface area contributed by atoms with Crippen LogP contribution in [-0.4, -0.2) is 50.3 Å². The number of benzene rings is 2. The van der Waals surface area contributed by atoms with Crippen molar-refractivity contribution in [2.45, 2.75) is 6.23 Å². The van der Waals surface area contributed by atoms with Gasteiger partial charge in [0.1, 0.15) is 5.82 Å². The smallest absolute Gasteiger partial charge is 0.321 e. The van der Waals surface area contributed by atoms with Gasteiger partial charge in [-0.05, 0) is 48.0 Å². The summed E-state index contributed by atoms with van der Waals surface area (Å²) in [4.78, 5) is 22.1. The zero-order chi connectivity index (χ0) is 25.9. The molecule has 37 heavy (non-hydrogen) atoms. The van der Waals surface area contributed by atoms with Crippen molar-refractivity contribution < 1.29 is 14.3 Å². The molecule has 3 aromatic heterocycles. The third-order valence-corrected chi connectivity index (χ3v) is 5.77. The lowest BCUT2D eigenvalue weighted by molar-refractivity contribution is 0.204. The molecule has 0 saturated carbocycles. The van der Waals surface area contributed by atoms with E-state index >= 15 is 0 Å². The van der Waals surface area contributed by atoms with Crippen LogP contribution >= 0.6 is 0 Å². The molecule has 0 aliphatic heterocycles. The molecule has 1 atom stereocenters. The number of pyridine rings is 2. The molecule has 5 aromatic rings. The van der Waals surface area contributed by atoms with Crippen LogP contribution in [0.3, 0.4) is 0 Å². The number of nitrogens with one attached hydrogen (secondary N) is 3. The Morgan fingerprint density at radius 2 is 1.84 bits per heavy atom. The second-order valence-electron chi connectivity index (χ2n) is 8.65. The lowest BCUT2D eigenvalue weighted by atomic mass is 10.0. The molecule has 2 aromatic carbocycles. The highest BCUT2D eigenvalue weighted by Gasteiger charge is 2.16. The first-order valence-electron chi connectivity index (χ1n) is 11.5. The van der Waals surface area contributed by atoms with Crippen molar-refractivity contribution in [3.8, 4) is 22.4 Å². The number of aromatic nitrogens is 4. The molecule has 4 N–H and O–H groups in total. The molecule has 0 radical (unpaired) electrons. The molecule has 0 spiro atoms. The molecule has 9 nitrogen and oxygen atoms in total. The number of carbonyl (C=O) groups is 1. The summed E-state index contributed by atoms with van der Waals surface area (Å²) < 4.78 is 13.5. The van der Waals surface area contributed by atoms with E-state index in [2.05, 4.69) is 30.8 Å². The number of rotatable bonds is 6. The number of nitrogens with zero attached hydrogens (tertiary/aromatic N) is 4. The second kappa shape index (κ2) is 10.0. The van der Waals surface area contributed by atoms with Gasteiger partial charge in [-0.3, -0.25) is 15.1 Å². The van der Waals surface area contributed by atoms with Crippen molar-refractivity contribution in [1.82, 2.24) is 25.1 Å². The van der Waals surface area contributed by atoms with Crippen LogP contribution in [0, 0.1) is 5.82 Å². The van der Waals surface area contributed by atoms with Gasteiger partial charge in [-0.2, -0.15) is 5.10 Å². The van der Waals surface area contributed by atoms with Crippen molar-refractivity contribution in [1.29, 1.82) is 0 Å². The predicted octanol–water partition coefficient (Wildman–Crippen LogP) is 5.02. The number of carbonyl (C=O) groups excluding carboxylic acids is 1. The Morgan fingerprint density at radius 3 is 2.59 bits per heavy atom. The van der Waals surface area contributed by atoms with Crippen LogP contribution in [0.1, 0.15) is 11.9 Å². The van der Waals surface area contributed by atoms with Gasteiger partial charge in [0.2, 0.25) is 0 Å². The van der Waals surface area contributed by atoms with E-state index in [9.17, 15) is 14.3 Å². The van der Waals surface area contributed by atoms with Gasteiger partial charge in [0.05, 0.1) is 40.7 Å². The van der Waals surface area contributed by atoms with Crippen LogP contribution in [0.2, 0.25) is 0 Å². The van der Waals surface area contributed by atoms with Gasteiger partial charge in [-0.25, -0.2) is 9.18 Å². The number of hydrogen-bond donors (Lipinski definition) is 4. The number of anilines is 2. The SMILES string of the molecule is CN(C)C(=O)Nc1cncc(-c2ccc3n[nH]c(C(O)Nc4ccc(-c5cccc(F)c5)nc4)c3c2)c1. The number of H-pyrrole nitrogens is 1. The Bertz CT molecular complexity index is 1570. The molecule has 186 valence electrons. The summed E-state index contributed by atoms with van der Waals surface area (Å²) in [5.41, 5.74) is 5.25. The third-order valence-electron chi connectivity index (χ3n) is 5.77. The number of halogens is 1. The third kappa shape index (κ3) is 5.24. The monoisotopic (exact) mass is 497 g/mol. The number of urea groups is 1. The summed E-state index contributed by atoms with van der Waals surface area (Å²) >= 11 is 0. The van der Waals surface area contributed by atoms with E-state index in [1.165, 1.54) is 17.0 Å². The van der Waals surface area contributed by atoms with Crippen LogP contribution in [0.15, 0.2) is 79.3 Å². The highest BCUT2D eigenvalue weighted by atomic mass is 19.1. The number of aromatic amines is 1. The van der Waals surface area contributed by atoms with Crippen molar-refractivity contribution >= 4 is 28.3 Å². The maximum absolute atomic E-state index is 13.5.